The Hall–Kier alpha value is -4.26. The molecule has 2 aromatic carbocycles. The lowest BCUT2D eigenvalue weighted by molar-refractivity contribution is -0.129. The third-order valence-corrected chi connectivity index (χ3v) is 9.86. The molecular weight excluding hydrogens is 566 g/mol. The number of ether oxygens (including phenoxy) is 1. The second-order valence-electron chi connectivity index (χ2n) is 11.1. The highest BCUT2D eigenvalue weighted by atomic mass is 32.2. The number of hydrogen-bond acceptors (Lipinski definition) is 10. The molecule has 5 atom stereocenters. The summed E-state index contributed by atoms with van der Waals surface area (Å²) in [5.41, 5.74) is 20.7. The molecule has 0 saturated carbocycles. The van der Waals surface area contributed by atoms with Gasteiger partial charge in [0.2, 0.25) is 17.7 Å². The maximum Gasteiger partial charge on any atom is 0.246 e. The Morgan fingerprint density at radius 3 is 2.72 bits per heavy atom. The number of carbonyl (C=O) groups is 3. The zero-order valence-corrected chi connectivity index (χ0v) is 24.5. The molecule has 6 rings (SSSR count). The van der Waals surface area contributed by atoms with E-state index in [0.29, 0.717) is 46.2 Å². The molecule has 2 amide bonds. The number of thioether (sulfide) groups is 1. The highest BCUT2D eigenvalue weighted by Gasteiger charge is 2.57. The number of carbonyl (C=O) groups excluding carboxylic acids is 3. The summed E-state index contributed by atoms with van der Waals surface area (Å²) < 4.78 is 5.83. The summed E-state index contributed by atoms with van der Waals surface area (Å²) in [7, 11) is 0. The zero-order chi connectivity index (χ0) is 30.5. The fourth-order valence-corrected chi connectivity index (χ4v) is 7.83. The predicted octanol–water partition coefficient (Wildman–Crippen LogP) is 2.12. The van der Waals surface area contributed by atoms with Crippen LogP contribution in [0.1, 0.15) is 41.3 Å². The fourth-order valence-electron chi connectivity index (χ4n) is 6.38. The van der Waals surface area contributed by atoms with Gasteiger partial charge in [-0.05, 0) is 55.2 Å². The van der Waals surface area contributed by atoms with Crippen molar-refractivity contribution in [2.75, 3.05) is 18.8 Å². The number of para-hydroxylation sites is 1. The third kappa shape index (κ3) is 4.85. The van der Waals surface area contributed by atoms with Gasteiger partial charge in [0.25, 0.3) is 0 Å². The fraction of sp³-hybridized carbons (Fsp3) is 0.323. The molecule has 1 aromatic heterocycles. The number of nitrogens with one attached hydrogen (secondary N) is 1. The minimum atomic E-state index is -1.71. The van der Waals surface area contributed by atoms with Crippen molar-refractivity contribution >= 4 is 35.0 Å². The van der Waals surface area contributed by atoms with Crippen molar-refractivity contribution in [2.24, 2.45) is 11.5 Å². The quantitative estimate of drug-likeness (QED) is 0.242. The molecule has 1 aliphatic carbocycles. The number of aryl methyl sites for hydroxylation is 1. The molecule has 11 nitrogen and oxygen atoms in total. The van der Waals surface area contributed by atoms with Crippen LogP contribution >= 0.6 is 11.8 Å². The lowest BCUT2D eigenvalue weighted by Gasteiger charge is -2.41. The van der Waals surface area contributed by atoms with Crippen LogP contribution in [-0.4, -0.2) is 62.9 Å². The van der Waals surface area contributed by atoms with Gasteiger partial charge in [-0.2, -0.15) is 0 Å². The highest BCUT2D eigenvalue weighted by Crippen LogP contribution is 2.56. The molecule has 12 heteroatoms. The molecule has 3 heterocycles. The average molecular weight is 600 g/mol. The van der Waals surface area contributed by atoms with Gasteiger partial charge in [-0.15, -0.1) is 11.8 Å². The first-order valence-electron chi connectivity index (χ1n) is 14.1. The first-order valence-corrected chi connectivity index (χ1v) is 15.0. The lowest BCUT2D eigenvalue weighted by Crippen LogP contribution is -2.61. The number of nitrogens with two attached hydrogens (primary N) is 3. The SMILES string of the molecule is C=CC(=O)N1CCCC(NC(=O)C2Sc3c(N)ccc4c3C2C(N)C(=O)C4(N)c2ncc(Oc3ccccc3)nc2C)C1. The number of aromatic nitrogens is 2. The second kappa shape index (κ2) is 11.1. The molecule has 222 valence electrons. The monoisotopic (exact) mass is 599 g/mol. The third-order valence-electron chi connectivity index (χ3n) is 8.41. The van der Waals surface area contributed by atoms with E-state index in [1.165, 1.54) is 24.0 Å². The van der Waals surface area contributed by atoms with Crippen molar-refractivity contribution < 1.29 is 19.1 Å². The Morgan fingerprint density at radius 1 is 1.23 bits per heavy atom. The summed E-state index contributed by atoms with van der Waals surface area (Å²) in [5.74, 6) is -0.693. The first-order chi connectivity index (χ1) is 20.6. The van der Waals surface area contributed by atoms with Gasteiger partial charge in [0.1, 0.15) is 11.3 Å². The van der Waals surface area contributed by atoms with E-state index in [2.05, 4.69) is 21.9 Å². The second-order valence-corrected chi connectivity index (χ2v) is 12.3. The van der Waals surface area contributed by atoms with Crippen molar-refractivity contribution in [1.29, 1.82) is 0 Å². The van der Waals surface area contributed by atoms with Crippen LogP contribution in [0.2, 0.25) is 0 Å². The lowest BCUT2D eigenvalue weighted by atomic mass is 9.66. The van der Waals surface area contributed by atoms with Crippen LogP contribution in [0.5, 0.6) is 11.6 Å². The maximum atomic E-state index is 14.2. The average Bonchev–Trinajstić information content (AvgIpc) is 3.42. The van der Waals surface area contributed by atoms with Crippen LogP contribution in [0.4, 0.5) is 5.69 Å². The predicted molar refractivity (Wildman–Crippen MR) is 162 cm³/mol. The van der Waals surface area contributed by atoms with Crippen molar-refractivity contribution in [3.05, 3.63) is 83.8 Å². The number of nitrogen functional groups attached to an aromatic ring is 1. The summed E-state index contributed by atoms with van der Waals surface area (Å²) in [6.07, 6.45) is 4.20. The van der Waals surface area contributed by atoms with E-state index in [4.69, 9.17) is 21.9 Å². The largest absolute Gasteiger partial charge is 0.437 e. The van der Waals surface area contributed by atoms with Crippen LogP contribution in [0.3, 0.4) is 0 Å². The standard InChI is InChI=1S/C31H33N7O4S/c1-3-22(39)38-13-7-8-17(15-38)37-30(41)27-24-23-19(11-12-20(32)26(23)43-27)31(34,29(40)25(24)33)28-16(2)36-21(14-35-28)42-18-9-5-4-6-10-18/h3-6,9-12,14,17,24-25,27H,1,7-8,13,15,32-34H2,2H3,(H,37,41). The van der Waals surface area contributed by atoms with E-state index in [9.17, 15) is 14.4 Å². The topological polar surface area (TPSA) is 180 Å². The molecular formula is C31H33N7O4S. The number of hydrogen-bond donors (Lipinski definition) is 4. The number of amides is 2. The van der Waals surface area contributed by atoms with Crippen molar-refractivity contribution in [2.45, 2.75) is 53.5 Å². The van der Waals surface area contributed by atoms with E-state index in [-0.39, 0.29) is 29.4 Å². The van der Waals surface area contributed by atoms with Crippen LogP contribution in [0.25, 0.3) is 0 Å². The van der Waals surface area contributed by atoms with E-state index in [1.807, 2.05) is 18.2 Å². The van der Waals surface area contributed by atoms with Gasteiger partial charge < -0.3 is 32.2 Å². The Balaban J connectivity index is 1.32. The minimum absolute atomic E-state index is 0.170. The Labute approximate surface area is 253 Å². The number of benzene rings is 2. The number of ketones is 1. The Morgan fingerprint density at radius 2 is 2.00 bits per heavy atom. The molecule has 43 heavy (non-hydrogen) atoms. The number of anilines is 1. The Bertz CT molecular complexity index is 1630. The summed E-state index contributed by atoms with van der Waals surface area (Å²) in [5, 5.41) is 2.38. The van der Waals surface area contributed by atoms with E-state index >= 15 is 0 Å². The van der Waals surface area contributed by atoms with Crippen LogP contribution < -0.4 is 27.3 Å². The highest BCUT2D eigenvalue weighted by molar-refractivity contribution is 8.01. The minimum Gasteiger partial charge on any atom is -0.437 e. The molecule has 7 N–H and O–H groups in total. The number of rotatable bonds is 6. The number of likely N-dealkylation sites (tertiary alicyclic amines) is 1. The maximum absolute atomic E-state index is 14.2. The molecule has 2 aliphatic heterocycles. The van der Waals surface area contributed by atoms with Gasteiger partial charge in [-0.25, -0.2) is 4.98 Å². The van der Waals surface area contributed by atoms with Gasteiger partial charge in [-0.1, -0.05) is 30.8 Å². The summed E-state index contributed by atoms with van der Waals surface area (Å²) in [6, 6.07) is 11.2. The van der Waals surface area contributed by atoms with Gasteiger partial charge in [-0.3, -0.25) is 19.4 Å². The molecule has 0 spiro atoms. The molecule has 3 aliphatic rings. The number of nitrogens with zero attached hydrogens (tertiary/aromatic N) is 3. The molecule has 1 fully saturated rings. The van der Waals surface area contributed by atoms with E-state index < -0.39 is 28.5 Å². The van der Waals surface area contributed by atoms with Crippen LogP contribution in [0.15, 0.2) is 66.2 Å². The summed E-state index contributed by atoms with van der Waals surface area (Å²) in [6.45, 7) is 6.28. The first kappa shape index (κ1) is 28.8. The summed E-state index contributed by atoms with van der Waals surface area (Å²) in [4.78, 5) is 51.5. The van der Waals surface area contributed by atoms with Crippen molar-refractivity contribution in [1.82, 2.24) is 20.2 Å². The van der Waals surface area contributed by atoms with Crippen LogP contribution in [0, 0.1) is 6.92 Å². The summed E-state index contributed by atoms with van der Waals surface area (Å²) >= 11 is 1.29. The van der Waals surface area contributed by atoms with E-state index in [1.54, 1.807) is 36.1 Å². The van der Waals surface area contributed by atoms with Gasteiger partial charge in [0.05, 0.1) is 28.9 Å². The molecule has 0 radical (unpaired) electrons. The number of piperidine rings is 1. The van der Waals surface area contributed by atoms with Crippen LogP contribution in [-0.2, 0) is 19.9 Å². The van der Waals surface area contributed by atoms with Gasteiger partial charge in [0, 0.05) is 35.6 Å². The molecule has 1 saturated heterocycles. The Kier molecular flexibility index (Phi) is 7.45. The van der Waals surface area contributed by atoms with E-state index in [0.717, 1.165) is 12.8 Å². The normalized spacial score (nSPS) is 26.0. The van der Waals surface area contributed by atoms with Gasteiger partial charge in [0.15, 0.2) is 5.78 Å². The number of Topliss-reactive ketones (excluding diaryl/α,β-unsaturated/α-hetero) is 1. The van der Waals surface area contributed by atoms with Crippen molar-refractivity contribution in [3.63, 3.8) is 0 Å². The van der Waals surface area contributed by atoms with Crippen molar-refractivity contribution in [3.8, 4) is 11.6 Å². The molecule has 5 unspecified atom stereocenters. The smallest absolute Gasteiger partial charge is 0.246 e. The molecule has 3 aromatic rings. The zero-order valence-electron chi connectivity index (χ0n) is 23.7. The van der Waals surface area contributed by atoms with Gasteiger partial charge >= 0.3 is 0 Å². The molecule has 0 bridgehead atoms.